The van der Waals surface area contributed by atoms with E-state index in [1.165, 1.54) is 4.68 Å². The molecule has 1 aromatic carbocycles. The number of aryl methyl sites for hydroxylation is 2. The number of anilines is 1. The molecule has 1 heterocycles. The summed E-state index contributed by atoms with van der Waals surface area (Å²) in [6, 6.07) is 5.27. The number of halogens is 2. The lowest BCUT2D eigenvalue weighted by Crippen LogP contribution is -2.14. The molecule has 5 nitrogen and oxygen atoms in total. The van der Waals surface area contributed by atoms with E-state index in [-0.39, 0.29) is 0 Å². The lowest BCUT2D eigenvalue weighted by atomic mass is 10.1. The van der Waals surface area contributed by atoms with Crippen LogP contribution in [0.1, 0.15) is 24.6 Å². The minimum Gasteiger partial charge on any atom is -0.267 e. The molecule has 22 heavy (non-hydrogen) atoms. The molecule has 1 N–H and O–H groups in total. The largest absolute Gasteiger partial charge is 0.267 e. The van der Waals surface area contributed by atoms with Gasteiger partial charge in [0, 0.05) is 6.07 Å². The predicted octanol–water partition coefficient (Wildman–Crippen LogP) is 3.81. The van der Waals surface area contributed by atoms with Crippen molar-refractivity contribution < 1.29 is 8.42 Å². The molecular weight excluding hydrogens is 345 g/mol. The van der Waals surface area contributed by atoms with Crippen molar-refractivity contribution in [3.63, 3.8) is 0 Å². The summed E-state index contributed by atoms with van der Waals surface area (Å²) >= 11 is 12.7. The fourth-order valence-electron chi connectivity index (χ4n) is 2.19. The molecule has 0 aliphatic heterocycles. The number of nitrogens with one attached hydrogen (secondary N) is 1. The number of benzene rings is 1. The summed E-state index contributed by atoms with van der Waals surface area (Å²) in [5.74, 6) is 0.298. The maximum atomic E-state index is 11.5. The number of aromatic nitrogens is 2. The average Bonchev–Trinajstić information content (AvgIpc) is 2.67. The highest BCUT2D eigenvalue weighted by Crippen LogP contribution is 2.33. The molecular formula is C14H17Cl2N3O2S. The molecule has 0 fully saturated rings. The molecule has 0 saturated heterocycles. The Kier molecular flexibility index (Phi) is 5.04. The summed E-state index contributed by atoms with van der Waals surface area (Å²) in [5.41, 5.74) is 2.14. The van der Waals surface area contributed by atoms with Crippen molar-refractivity contribution in [2.75, 3.05) is 11.0 Å². The minimum absolute atomic E-state index is 0.298. The fourth-order valence-corrected chi connectivity index (χ4v) is 3.40. The average molecular weight is 362 g/mol. The van der Waals surface area contributed by atoms with Crippen LogP contribution in [0.25, 0.3) is 5.69 Å². The lowest BCUT2D eigenvalue weighted by Gasteiger charge is -2.13. The van der Waals surface area contributed by atoms with Gasteiger partial charge in [0.2, 0.25) is 10.0 Å². The van der Waals surface area contributed by atoms with Crippen molar-refractivity contribution in [1.82, 2.24) is 9.78 Å². The topological polar surface area (TPSA) is 64.0 Å². The number of sulfonamides is 1. The van der Waals surface area contributed by atoms with Crippen LogP contribution < -0.4 is 4.72 Å². The van der Waals surface area contributed by atoms with Gasteiger partial charge in [-0.3, -0.25) is 4.72 Å². The van der Waals surface area contributed by atoms with Gasteiger partial charge in [0.25, 0.3) is 0 Å². The van der Waals surface area contributed by atoms with E-state index in [1.54, 1.807) is 13.0 Å². The molecule has 0 aliphatic rings. The number of hydrogen-bond acceptors (Lipinski definition) is 3. The molecule has 2 rings (SSSR count). The van der Waals surface area contributed by atoms with Gasteiger partial charge < -0.3 is 0 Å². The first-order valence-corrected chi connectivity index (χ1v) is 9.38. The molecule has 2 aromatic rings. The van der Waals surface area contributed by atoms with Gasteiger partial charge in [-0.05, 0) is 31.0 Å². The van der Waals surface area contributed by atoms with Crippen LogP contribution in [0.4, 0.5) is 5.82 Å². The highest BCUT2D eigenvalue weighted by Gasteiger charge is 2.17. The summed E-state index contributed by atoms with van der Waals surface area (Å²) < 4.78 is 26.8. The smallest absolute Gasteiger partial charge is 0.230 e. The van der Waals surface area contributed by atoms with Crippen molar-refractivity contribution in [1.29, 1.82) is 0 Å². The molecule has 0 bridgehead atoms. The van der Waals surface area contributed by atoms with Gasteiger partial charge in [-0.2, -0.15) is 5.10 Å². The normalized spacial score (nSPS) is 11.7. The first-order chi connectivity index (χ1) is 10.2. The van der Waals surface area contributed by atoms with Crippen molar-refractivity contribution in [3.8, 4) is 5.69 Å². The summed E-state index contributed by atoms with van der Waals surface area (Å²) in [7, 11) is -3.43. The molecule has 120 valence electrons. The lowest BCUT2D eigenvalue weighted by molar-refractivity contribution is 0.606. The van der Waals surface area contributed by atoms with E-state index in [9.17, 15) is 8.42 Å². The highest BCUT2D eigenvalue weighted by atomic mass is 35.5. The van der Waals surface area contributed by atoms with Crippen molar-refractivity contribution in [2.24, 2.45) is 0 Å². The van der Waals surface area contributed by atoms with Crippen LogP contribution in [0, 0.1) is 6.92 Å². The second-order valence-electron chi connectivity index (χ2n) is 5.12. The Bertz CT molecular complexity index is 777. The first-order valence-electron chi connectivity index (χ1n) is 6.74. The summed E-state index contributed by atoms with van der Waals surface area (Å²) in [6.45, 7) is 3.83. The van der Waals surface area contributed by atoms with Crippen LogP contribution in [0.2, 0.25) is 10.0 Å². The van der Waals surface area contributed by atoms with E-state index < -0.39 is 10.0 Å². The van der Waals surface area contributed by atoms with Gasteiger partial charge in [0.15, 0.2) is 0 Å². The number of hydrogen-bond donors (Lipinski definition) is 1. The van der Waals surface area contributed by atoms with E-state index >= 15 is 0 Å². The Morgan fingerprint density at radius 2 is 1.82 bits per heavy atom. The van der Waals surface area contributed by atoms with Crippen molar-refractivity contribution >= 4 is 39.0 Å². The van der Waals surface area contributed by atoms with Crippen LogP contribution in [0.3, 0.4) is 0 Å². The Morgan fingerprint density at radius 1 is 1.23 bits per heavy atom. The molecule has 0 aliphatic carbocycles. The highest BCUT2D eigenvalue weighted by molar-refractivity contribution is 7.92. The van der Waals surface area contributed by atoms with Crippen LogP contribution in [-0.2, 0) is 16.4 Å². The Balaban J connectivity index is 2.57. The Hall–Kier alpha value is -1.24. The van der Waals surface area contributed by atoms with Gasteiger partial charge >= 0.3 is 0 Å². The van der Waals surface area contributed by atoms with E-state index in [2.05, 4.69) is 16.7 Å². The van der Waals surface area contributed by atoms with Crippen molar-refractivity contribution in [2.45, 2.75) is 26.7 Å². The molecule has 8 heteroatoms. The minimum atomic E-state index is -3.43. The monoisotopic (exact) mass is 361 g/mol. The standard InChI is InChI=1S/C14H17Cl2N3O2S/c1-4-5-10-7-11(15)14(12(16)8-10)19-13(6-9(2)17-19)18-22(3,20)21/h6-8,18H,4-5H2,1-3H3. The van der Waals surface area contributed by atoms with Crippen LogP contribution in [-0.4, -0.2) is 24.5 Å². The zero-order chi connectivity index (χ0) is 16.5. The molecule has 1 aromatic heterocycles. The zero-order valence-corrected chi connectivity index (χ0v) is 14.8. The summed E-state index contributed by atoms with van der Waals surface area (Å²) in [5, 5.41) is 5.14. The summed E-state index contributed by atoms with van der Waals surface area (Å²) in [4.78, 5) is 0. The van der Waals surface area contributed by atoms with Gasteiger partial charge in [-0.25, -0.2) is 13.1 Å². The van der Waals surface area contributed by atoms with E-state index in [4.69, 9.17) is 23.2 Å². The van der Waals surface area contributed by atoms with Crippen LogP contribution in [0.5, 0.6) is 0 Å². The fraction of sp³-hybridized carbons (Fsp3) is 0.357. The van der Waals surface area contributed by atoms with Gasteiger partial charge in [0.05, 0.1) is 22.0 Å². The van der Waals surface area contributed by atoms with E-state index in [0.717, 1.165) is 24.7 Å². The van der Waals surface area contributed by atoms with Gasteiger partial charge in [-0.15, -0.1) is 0 Å². The maximum absolute atomic E-state index is 11.5. The van der Waals surface area contributed by atoms with E-state index in [1.807, 2.05) is 12.1 Å². The second-order valence-corrected chi connectivity index (χ2v) is 7.68. The van der Waals surface area contributed by atoms with E-state index in [0.29, 0.717) is 27.2 Å². The third-order valence-electron chi connectivity index (χ3n) is 2.95. The molecule has 0 spiro atoms. The third kappa shape index (κ3) is 3.94. The maximum Gasteiger partial charge on any atom is 0.230 e. The van der Waals surface area contributed by atoms with Crippen LogP contribution in [0.15, 0.2) is 18.2 Å². The molecule has 0 radical (unpaired) electrons. The molecule has 0 saturated carbocycles. The van der Waals surface area contributed by atoms with Crippen molar-refractivity contribution in [3.05, 3.63) is 39.5 Å². The number of nitrogens with zero attached hydrogens (tertiary/aromatic N) is 2. The SMILES string of the molecule is CCCc1cc(Cl)c(-n2nc(C)cc2NS(C)(=O)=O)c(Cl)c1. The van der Waals surface area contributed by atoms with Gasteiger partial charge in [0.1, 0.15) is 11.5 Å². The molecule has 0 atom stereocenters. The number of rotatable bonds is 5. The summed E-state index contributed by atoms with van der Waals surface area (Å²) in [6.07, 6.45) is 2.92. The Labute approximate surface area is 140 Å². The third-order valence-corrected chi connectivity index (χ3v) is 4.10. The van der Waals surface area contributed by atoms with Crippen LogP contribution >= 0.6 is 23.2 Å². The zero-order valence-electron chi connectivity index (χ0n) is 12.5. The first kappa shape index (κ1) is 17.1. The molecule has 0 unspecified atom stereocenters. The van der Waals surface area contributed by atoms with Gasteiger partial charge in [-0.1, -0.05) is 36.5 Å². The quantitative estimate of drug-likeness (QED) is 0.880. The molecule has 0 amide bonds. The predicted molar refractivity (Wildman–Crippen MR) is 90.8 cm³/mol. The second kappa shape index (κ2) is 6.48. The Morgan fingerprint density at radius 3 is 2.32 bits per heavy atom.